The Morgan fingerprint density at radius 2 is 1.21 bits per heavy atom. The van der Waals surface area contributed by atoms with Gasteiger partial charge in [-0.25, -0.2) is 0 Å². The van der Waals surface area contributed by atoms with Crippen molar-refractivity contribution in [1.82, 2.24) is 0 Å². The number of hydrogen-bond acceptors (Lipinski definition) is 1. The lowest BCUT2D eigenvalue weighted by atomic mass is 10.1. The van der Waals surface area contributed by atoms with Crippen molar-refractivity contribution >= 4 is 9.04 Å². The molecule has 1 N–H and O–H groups in total. The Labute approximate surface area is 91.6 Å². The van der Waals surface area contributed by atoms with Gasteiger partial charge in [0.25, 0.3) is 0 Å². The van der Waals surface area contributed by atoms with Gasteiger partial charge in [-0.1, -0.05) is 53.4 Å². The van der Waals surface area contributed by atoms with Crippen LogP contribution in [0.4, 0.5) is 0 Å². The van der Waals surface area contributed by atoms with Crippen LogP contribution in [0.5, 0.6) is 0 Å². The van der Waals surface area contributed by atoms with E-state index in [1.54, 1.807) is 0 Å². The van der Waals surface area contributed by atoms with Gasteiger partial charge >= 0.3 is 0 Å². The molecule has 0 aliphatic carbocycles. The molecular weight excluding hydrogens is 188 g/mol. The standard InChI is InChI=1S/C12H28OSi/c1-11(2)7-5-9-14(13)10-6-8-12(3)4/h11-14H,5-10H2,1-4H3. The lowest BCUT2D eigenvalue weighted by Crippen LogP contribution is -2.11. The molecule has 0 aliphatic rings. The van der Waals surface area contributed by atoms with Crippen molar-refractivity contribution in [3.05, 3.63) is 0 Å². The van der Waals surface area contributed by atoms with Gasteiger partial charge in [0.15, 0.2) is 9.04 Å². The van der Waals surface area contributed by atoms with Crippen molar-refractivity contribution in [2.75, 3.05) is 0 Å². The fraction of sp³-hybridized carbons (Fsp3) is 1.00. The summed E-state index contributed by atoms with van der Waals surface area (Å²) in [6, 6.07) is 2.27. The molecule has 0 fully saturated rings. The largest absolute Gasteiger partial charge is 0.435 e. The van der Waals surface area contributed by atoms with Crippen LogP contribution in [0.15, 0.2) is 0 Å². The topological polar surface area (TPSA) is 20.2 Å². The monoisotopic (exact) mass is 216 g/mol. The van der Waals surface area contributed by atoms with Crippen molar-refractivity contribution in [1.29, 1.82) is 0 Å². The molecule has 0 bridgehead atoms. The second kappa shape index (κ2) is 8.48. The molecule has 0 aliphatic heterocycles. The molecule has 0 radical (unpaired) electrons. The summed E-state index contributed by atoms with van der Waals surface area (Å²) in [5, 5.41) is 0. The van der Waals surface area contributed by atoms with Crippen LogP contribution in [0.2, 0.25) is 12.1 Å². The highest BCUT2D eigenvalue weighted by molar-refractivity contribution is 6.50. The zero-order chi connectivity index (χ0) is 11.0. The number of rotatable bonds is 8. The van der Waals surface area contributed by atoms with Crippen LogP contribution in [-0.2, 0) is 0 Å². The molecule has 0 aromatic carbocycles. The first-order valence-electron chi connectivity index (χ1n) is 6.20. The summed E-state index contributed by atoms with van der Waals surface area (Å²) in [6.07, 6.45) is 5.06. The summed E-state index contributed by atoms with van der Waals surface area (Å²) >= 11 is 0. The summed E-state index contributed by atoms with van der Waals surface area (Å²) < 4.78 is 0. The van der Waals surface area contributed by atoms with Crippen LogP contribution in [0, 0.1) is 11.8 Å². The Bertz CT molecular complexity index is 109. The summed E-state index contributed by atoms with van der Waals surface area (Å²) in [6.45, 7) is 9.03. The van der Waals surface area contributed by atoms with Crippen molar-refractivity contribution in [3.63, 3.8) is 0 Å². The normalized spacial score (nSPS) is 12.0. The van der Waals surface area contributed by atoms with E-state index >= 15 is 0 Å². The van der Waals surface area contributed by atoms with Crippen molar-refractivity contribution in [2.45, 2.75) is 65.5 Å². The summed E-state index contributed by atoms with van der Waals surface area (Å²) in [5.74, 6) is 1.60. The second-order valence-corrected chi connectivity index (χ2v) is 7.77. The van der Waals surface area contributed by atoms with Crippen molar-refractivity contribution < 1.29 is 4.80 Å². The van der Waals surface area contributed by atoms with Gasteiger partial charge in [-0.3, -0.25) is 0 Å². The second-order valence-electron chi connectivity index (χ2n) is 5.30. The highest BCUT2D eigenvalue weighted by Crippen LogP contribution is 2.13. The molecule has 2 heteroatoms. The van der Waals surface area contributed by atoms with E-state index in [1.807, 2.05) is 0 Å². The number of hydrogen-bond donors (Lipinski definition) is 1. The quantitative estimate of drug-likeness (QED) is 0.615. The van der Waals surface area contributed by atoms with Gasteiger partial charge in [0.05, 0.1) is 0 Å². The first kappa shape index (κ1) is 14.2. The molecule has 1 nitrogen and oxygen atoms in total. The molecule has 86 valence electrons. The maximum atomic E-state index is 9.81. The molecule has 0 spiro atoms. The van der Waals surface area contributed by atoms with Gasteiger partial charge in [-0.05, 0) is 23.9 Å². The maximum Gasteiger partial charge on any atom is 0.172 e. The molecule has 0 unspecified atom stereocenters. The van der Waals surface area contributed by atoms with Gasteiger partial charge in [-0.2, -0.15) is 0 Å². The molecule has 0 rings (SSSR count). The molecule has 0 saturated carbocycles. The van der Waals surface area contributed by atoms with E-state index in [0.717, 1.165) is 23.9 Å². The zero-order valence-electron chi connectivity index (χ0n) is 10.4. The minimum absolute atomic E-state index is 0.798. The Morgan fingerprint density at radius 3 is 1.50 bits per heavy atom. The minimum atomic E-state index is -1.32. The smallest absolute Gasteiger partial charge is 0.172 e. The fourth-order valence-corrected chi connectivity index (χ4v) is 3.37. The third-order valence-corrected chi connectivity index (χ3v) is 4.79. The Morgan fingerprint density at radius 1 is 0.857 bits per heavy atom. The highest BCUT2D eigenvalue weighted by Gasteiger charge is 2.07. The van der Waals surface area contributed by atoms with Crippen molar-refractivity contribution in [2.24, 2.45) is 11.8 Å². The van der Waals surface area contributed by atoms with E-state index in [2.05, 4.69) is 27.7 Å². The van der Waals surface area contributed by atoms with E-state index in [1.165, 1.54) is 25.7 Å². The lowest BCUT2D eigenvalue weighted by Gasteiger charge is -2.10. The van der Waals surface area contributed by atoms with Gasteiger partial charge in [0, 0.05) is 0 Å². The third-order valence-electron chi connectivity index (χ3n) is 2.64. The minimum Gasteiger partial charge on any atom is -0.435 e. The SMILES string of the molecule is CC(C)CCC[SiH](O)CCCC(C)C. The lowest BCUT2D eigenvalue weighted by molar-refractivity contribution is 0.518. The first-order chi connectivity index (χ1) is 6.52. The molecular formula is C12H28OSi. The van der Waals surface area contributed by atoms with E-state index in [4.69, 9.17) is 0 Å². The van der Waals surface area contributed by atoms with Crippen molar-refractivity contribution in [3.8, 4) is 0 Å². The third kappa shape index (κ3) is 10.3. The van der Waals surface area contributed by atoms with Gasteiger partial charge in [-0.15, -0.1) is 0 Å². The Hall–Kier alpha value is 0.177. The summed E-state index contributed by atoms with van der Waals surface area (Å²) in [5.41, 5.74) is 0. The molecule has 0 aromatic rings. The van der Waals surface area contributed by atoms with E-state index in [-0.39, 0.29) is 0 Å². The average Bonchev–Trinajstić information content (AvgIpc) is 2.02. The molecule has 0 atom stereocenters. The van der Waals surface area contributed by atoms with Crippen LogP contribution >= 0.6 is 0 Å². The van der Waals surface area contributed by atoms with Crippen LogP contribution < -0.4 is 0 Å². The fourth-order valence-electron chi connectivity index (χ4n) is 1.67. The molecule has 0 heterocycles. The molecule has 14 heavy (non-hydrogen) atoms. The van der Waals surface area contributed by atoms with Crippen LogP contribution in [-0.4, -0.2) is 13.8 Å². The first-order valence-corrected chi connectivity index (χ1v) is 8.35. The van der Waals surface area contributed by atoms with Crippen LogP contribution in [0.1, 0.15) is 53.4 Å². The van der Waals surface area contributed by atoms with E-state index in [9.17, 15) is 4.80 Å². The predicted octanol–water partition coefficient (Wildman–Crippen LogP) is 3.57. The maximum absolute atomic E-state index is 9.81. The van der Waals surface area contributed by atoms with E-state index < -0.39 is 9.04 Å². The van der Waals surface area contributed by atoms with Crippen LogP contribution in [0.3, 0.4) is 0 Å². The zero-order valence-corrected chi connectivity index (χ0v) is 11.6. The Kier molecular flexibility index (Phi) is 8.59. The van der Waals surface area contributed by atoms with Gasteiger partial charge < -0.3 is 4.80 Å². The molecule has 0 saturated heterocycles. The predicted molar refractivity (Wildman–Crippen MR) is 67.1 cm³/mol. The van der Waals surface area contributed by atoms with Gasteiger partial charge in [0.2, 0.25) is 0 Å². The summed E-state index contributed by atoms with van der Waals surface area (Å²) in [4.78, 5) is 9.81. The van der Waals surface area contributed by atoms with Crippen LogP contribution in [0.25, 0.3) is 0 Å². The summed E-state index contributed by atoms with van der Waals surface area (Å²) in [7, 11) is -1.32. The molecule has 0 amide bonds. The Balaban J connectivity index is 3.23. The van der Waals surface area contributed by atoms with Gasteiger partial charge in [0.1, 0.15) is 0 Å². The highest BCUT2D eigenvalue weighted by atomic mass is 28.3. The van der Waals surface area contributed by atoms with E-state index in [0.29, 0.717) is 0 Å². The average molecular weight is 216 g/mol. The molecule has 0 aromatic heterocycles.